The lowest BCUT2D eigenvalue weighted by atomic mass is 10.0. The van der Waals surface area contributed by atoms with Gasteiger partial charge in [0.25, 0.3) is 0 Å². The van der Waals surface area contributed by atoms with Crippen LogP contribution in [0.1, 0.15) is 57.9 Å². The first-order valence-electron chi connectivity index (χ1n) is 10.7. The van der Waals surface area contributed by atoms with Crippen molar-refractivity contribution in [3.05, 3.63) is 29.8 Å². The normalized spacial score (nSPS) is 16.7. The van der Waals surface area contributed by atoms with Gasteiger partial charge in [-0.1, -0.05) is 38.8 Å². The Balaban J connectivity index is 1.93. The van der Waals surface area contributed by atoms with Gasteiger partial charge in [0, 0.05) is 19.5 Å². The highest BCUT2D eigenvalue weighted by atomic mass is 32.2. The Morgan fingerprint density at radius 3 is 2.20 bits per heavy atom. The molecule has 1 fully saturated rings. The molecule has 30 heavy (non-hydrogen) atoms. The fraction of sp³-hybridized carbons (Fsp3) is 0.636. The highest BCUT2D eigenvalue weighted by molar-refractivity contribution is 7.89. The fourth-order valence-electron chi connectivity index (χ4n) is 3.61. The summed E-state index contributed by atoms with van der Waals surface area (Å²) in [5.74, 6) is -0.430. The number of aryl methyl sites for hydroxylation is 1. The molecule has 1 heterocycles. The zero-order valence-electron chi connectivity index (χ0n) is 18.2. The molecule has 1 aliphatic rings. The third-order valence-electron chi connectivity index (χ3n) is 5.29. The molecular weight excluding hydrogens is 404 g/mol. The minimum absolute atomic E-state index is 0.212. The van der Waals surface area contributed by atoms with Crippen LogP contribution in [0.4, 0.5) is 0 Å². The number of rotatable bonds is 9. The molecule has 8 heteroatoms. The minimum Gasteiger partial charge on any atom is -0.467 e. The van der Waals surface area contributed by atoms with Crippen molar-refractivity contribution in [3.63, 3.8) is 0 Å². The molecular formula is C22H34N2O5S. The van der Waals surface area contributed by atoms with Crippen LogP contribution in [0.2, 0.25) is 0 Å². The number of sulfonamides is 1. The third-order valence-corrected chi connectivity index (χ3v) is 7.21. The second-order valence-electron chi connectivity index (χ2n) is 8.24. The SMILES string of the molecule is COC(=O)[C@H](CC(C)C)NC(=O)CCc1ccc(S(=O)(=O)N2CCCCCC2)cc1. The van der Waals surface area contributed by atoms with Gasteiger partial charge in [0.1, 0.15) is 6.04 Å². The van der Waals surface area contributed by atoms with Gasteiger partial charge in [-0.25, -0.2) is 13.2 Å². The van der Waals surface area contributed by atoms with E-state index in [4.69, 9.17) is 4.74 Å². The third kappa shape index (κ3) is 7.09. The van der Waals surface area contributed by atoms with Crippen LogP contribution in [0.3, 0.4) is 0 Å². The lowest BCUT2D eigenvalue weighted by molar-refractivity contribution is -0.145. The standard InChI is InChI=1S/C22H34N2O5S/c1-17(2)16-20(22(26)29-3)23-21(25)13-10-18-8-11-19(12-9-18)30(27,28)24-14-6-4-5-7-15-24/h8-9,11-12,17,20H,4-7,10,13-16H2,1-3H3,(H,23,25)/t20-/m0/s1. The van der Waals surface area contributed by atoms with E-state index in [1.54, 1.807) is 28.6 Å². The van der Waals surface area contributed by atoms with Crippen molar-refractivity contribution in [2.45, 2.75) is 69.7 Å². The van der Waals surface area contributed by atoms with E-state index in [-0.39, 0.29) is 18.2 Å². The molecule has 1 N–H and O–H groups in total. The molecule has 7 nitrogen and oxygen atoms in total. The van der Waals surface area contributed by atoms with Crippen molar-refractivity contribution in [1.29, 1.82) is 0 Å². The fourth-order valence-corrected chi connectivity index (χ4v) is 5.13. The van der Waals surface area contributed by atoms with Gasteiger partial charge in [-0.2, -0.15) is 4.31 Å². The van der Waals surface area contributed by atoms with E-state index in [1.165, 1.54) is 7.11 Å². The van der Waals surface area contributed by atoms with Crippen LogP contribution in [0.15, 0.2) is 29.2 Å². The van der Waals surface area contributed by atoms with Crippen molar-refractivity contribution in [1.82, 2.24) is 9.62 Å². The van der Waals surface area contributed by atoms with Crippen LogP contribution in [-0.2, 0) is 30.8 Å². The first kappa shape index (κ1) is 24.3. The zero-order chi connectivity index (χ0) is 22.1. The number of ether oxygens (including phenoxy) is 1. The van der Waals surface area contributed by atoms with E-state index < -0.39 is 22.0 Å². The smallest absolute Gasteiger partial charge is 0.328 e. The van der Waals surface area contributed by atoms with E-state index in [0.717, 1.165) is 31.2 Å². The van der Waals surface area contributed by atoms with Gasteiger partial charge in [-0.05, 0) is 49.3 Å². The van der Waals surface area contributed by atoms with Crippen molar-refractivity contribution >= 4 is 21.9 Å². The summed E-state index contributed by atoms with van der Waals surface area (Å²) in [6.45, 7) is 5.09. The summed E-state index contributed by atoms with van der Waals surface area (Å²) in [5.41, 5.74) is 0.874. The molecule has 1 aromatic rings. The van der Waals surface area contributed by atoms with Gasteiger partial charge in [-0.15, -0.1) is 0 Å². The number of hydrogen-bond acceptors (Lipinski definition) is 5. The largest absolute Gasteiger partial charge is 0.467 e. The summed E-state index contributed by atoms with van der Waals surface area (Å²) in [5, 5.41) is 2.74. The first-order chi connectivity index (χ1) is 14.2. The predicted molar refractivity (Wildman–Crippen MR) is 115 cm³/mol. The Bertz CT molecular complexity index is 797. The molecule has 0 saturated carbocycles. The van der Waals surface area contributed by atoms with Crippen LogP contribution >= 0.6 is 0 Å². The Morgan fingerprint density at radius 2 is 1.67 bits per heavy atom. The Morgan fingerprint density at radius 1 is 1.07 bits per heavy atom. The van der Waals surface area contributed by atoms with Crippen molar-refractivity contribution in [2.24, 2.45) is 5.92 Å². The first-order valence-corrected chi connectivity index (χ1v) is 12.1. The van der Waals surface area contributed by atoms with Crippen molar-refractivity contribution in [2.75, 3.05) is 20.2 Å². The molecule has 0 aliphatic carbocycles. The second kappa shape index (κ2) is 11.5. The highest BCUT2D eigenvalue weighted by Gasteiger charge is 2.25. The molecule has 0 unspecified atom stereocenters. The molecule has 1 aromatic carbocycles. The topological polar surface area (TPSA) is 92.8 Å². The number of nitrogens with one attached hydrogen (secondary N) is 1. The quantitative estimate of drug-likeness (QED) is 0.599. The van der Waals surface area contributed by atoms with Gasteiger partial charge in [-0.3, -0.25) is 4.79 Å². The van der Waals surface area contributed by atoms with E-state index in [0.29, 0.717) is 30.8 Å². The van der Waals surface area contributed by atoms with E-state index in [1.807, 2.05) is 13.8 Å². The van der Waals surface area contributed by atoms with E-state index in [9.17, 15) is 18.0 Å². The van der Waals surface area contributed by atoms with Crippen molar-refractivity contribution < 1.29 is 22.7 Å². The second-order valence-corrected chi connectivity index (χ2v) is 10.2. The maximum Gasteiger partial charge on any atom is 0.328 e. The van der Waals surface area contributed by atoms with Crippen LogP contribution in [0.5, 0.6) is 0 Å². The molecule has 168 valence electrons. The number of amides is 1. The van der Waals surface area contributed by atoms with Crippen LogP contribution in [-0.4, -0.2) is 50.8 Å². The molecule has 0 spiro atoms. The van der Waals surface area contributed by atoms with Gasteiger partial charge in [0.2, 0.25) is 15.9 Å². The summed E-state index contributed by atoms with van der Waals surface area (Å²) < 4.78 is 32.0. The molecule has 1 amide bonds. The summed E-state index contributed by atoms with van der Waals surface area (Å²) >= 11 is 0. The Hall–Kier alpha value is -1.93. The number of carbonyl (C=O) groups is 2. The Labute approximate surface area is 180 Å². The zero-order valence-corrected chi connectivity index (χ0v) is 19.0. The van der Waals surface area contributed by atoms with Crippen molar-refractivity contribution in [3.8, 4) is 0 Å². The van der Waals surface area contributed by atoms with Gasteiger partial charge in [0.05, 0.1) is 12.0 Å². The summed E-state index contributed by atoms with van der Waals surface area (Å²) in [6.07, 6.45) is 5.13. The number of benzene rings is 1. The molecule has 1 aliphatic heterocycles. The number of methoxy groups -OCH3 is 1. The van der Waals surface area contributed by atoms with Crippen LogP contribution in [0, 0.1) is 5.92 Å². The predicted octanol–water partition coefficient (Wildman–Crippen LogP) is 2.89. The number of carbonyl (C=O) groups excluding carboxylic acids is 2. The van der Waals surface area contributed by atoms with Crippen LogP contribution < -0.4 is 5.32 Å². The lowest BCUT2D eigenvalue weighted by Gasteiger charge is -2.20. The van der Waals surface area contributed by atoms with Crippen LogP contribution in [0.25, 0.3) is 0 Å². The maximum absolute atomic E-state index is 12.8. The van der Waals surface area contributed by atoms with Gasteiger partial charge < -0.3 is 10.1 Å². The van der Waals surface area contributed by atoms with Gasteiger partial charge >= 0.3 is 5.97 Å². The molecule has 1 saturated heterocycles. The van der Waals surface area contributed by atoms with E-state index in [2.05, 4.69) is 5.32 Å². The molecule has 0 bridgehead atoms. The summed E-state index contributed by atoms with van der Waals surface area (Å²) in [6, 6.07) is 6.09. The molecule has 2 rings (SSSR count). The maximum atomic E-state index is 12.8. The minimum atomic E-state index is -3.47. The van der Waals surface area contributed by atoms with Gasteiger partial charge in [0.15, 0.2) is 0 Å². The molecule has 0 aromatic heterocycles. The molecule has 1 atom stereocenters. The van der Waals surface area contributed by atoms with E-state index >= 15 is 0 Å². The summed E-state index contributed by atoms with van der Waals surface area (Å²) in [4.78, 5) is 24.4. The average Bonchev–Trinajstić information content (AvgIpc) is 3.01. The average molecular weight is 439 g/mol. The number of nitrogens with zero attached hydrogens (tertiary/aromatic N) is 1. The Kier molecular flexibility index (Phi) is 9.30. The number of hydrogen-bond donors (Lipinski definition) is 1. The number of esters is 1. The monoisotopic (exact) mass is 438 g/mol. The lowest BCUT2D eigenvalue weighted by Crippen LogP contribution is -2.42. The summed E-state index contributed by atoms with van der Waals surface area (Å²) in [7, 11) is -2.16. The molecule has 0 radical (unpaired) electrons. The highest BCUT2D eigenvalue weighted by Crippen LogP contribution is 2.21.